The van der Waals surface area contributed by atoms with E-state index in [1.54, 1.807) is 31.2 Å². The minimum atomic E-state index is -1.26. The summed E-state index contributed by atoms with van der Waals surface area (Å²) >= 11 is 0. The molecule has 0 fully saturated rings. The van der Waals surface area contributed by atoms with Crippen molar-refractivity contribution >= 4 is 16.9 Å². The first-order valence-electron chi connectivity index (χ1n) is 4.53. The molecule has 0 aromatic heterocycles. The summed E-state index contributed by atoms with van der Waals surface area (Å²) in [5.41, 5.74) is 4.85. The van der Waals surface area contributed by atoms with Crippen molar-refractivity contribution in [2.75, 3.05) is 5.75 Å². The van der Waals surface area contributed by atoms with Gasteiger partial charge in [-0.15, -0.1) is 0 Å². The lowest BCUT2D eigenvalue weighted by atomic mass is 10.2. The Morgan fingerprint density at radius 3 is 2.53 bits per heavy atom. The Kier molecular flexibility index (Phi) is 4.30. The van der Waals surface area contributed by atoms with Crippen LogP contribution in [0, 0.1) is 0 Å². The zero-order valence-corrected chi connectivity index (χ0v) is 9.20. The molecule has 1 rings (SSSR count). The molecule has 0 aliphatic carbocycles. The average molecular weight is 227 g/mol. The number of carbonyl (C=O) groups is 1. The highest BCUT2D eigenvalue weighted by Crippen LogP contribution is 2.21. The van der Waals surface area contributed by atoms with Crippen molar-refractivity contribution < 1.29 is 13.7 Å². The third kappa shape index (κ3) is 3.36. The lowest BCUT2D eigenvalue weighted by Gasteiger charge is -2.15. The SMILES string of the molecule is CCS(=O)C(OC(N)=O)c1ccccc1. The number of primary amides is 1. The molecule has 2 unspecified atom stereocenters. The summed E-state index contributed by atoms with van der Waals surface area (Å²) in [4.78, 5) is 10.7. The normalized spacial score (nSPS) is 14.2. The van der Waals surface area contributed by atoms with Crippen LogP contribution in [0.1, 0.15) is 17.9 Å². The van der Waals surface area contributed by atoms with Gasteiger partial charge in [0.1, 0.15) is 0 Å². The van der Waals surface area contributed by atoms with E-state index in [0.717, 1.165) is 0 Å². The first-order valence-corrected chi connectivity index (χ1v) is 5.91. The van der Waals surface area contributed by atoms with Gasteiger partial charge in [-0.2, -0.15) is 0 Å². The molecule has 0 heterocycles. The van der Waals surface area contributed by atoms with E-state index < -0.39 is 22.3 Å². The van der Waals surface area contributed by atoms with Crippen LogP contribution in [0.5, 0.6) is 0 Å². The van der Waals surface area contributed by atoms with Crippen molar-refractivity contribution in [3.05, 3.63) is 35.9 Å². The van der Waals surface area contributed by atoms with E-state index in [9.17, 15) is 9.00 Å². The van der Waals surface area contributed by atoms with Gasteiger partial charge in [0, 0.05) is 11.3 Å². The summed E-state index contributed by atoms with van der Waals surface area (Å²) in [6.07, 6.45) is -0.911. The van der Waals surface area contributed by atoms with Gasteiger partial charge in [-0.05, 0) is 0 Å². The number of amides is 1. The van der Waals surface area contributed by atoms with Crippen LogP contribution in [0.3, 0.4) is 0 Å². The van der Waals surface area contributed by atoms with Gasteiger partial charge in [0.25, 0.3) is 0 Å². The highest BCUT2D eigenvalue weighted by molar-refractivity contribution is 7.85. The first-order chi connectivity index (χ1) is 7.15. The lowest BCUT2D eigenvalue weighted by molar-refractivity contribution is 0.144. The zero-order chi connectivity index (χ0) is 11.3. The second kappa shape index (κ2) is 5.50. The lowest BCUT2D eigenvalue weighted by Crippen LogP contribution is -2.21. The van der Waals surface area contributed by atoms with Gasteiger partial charge in [-0.3, -0.25) is 4.21 Å². The number of ether oxygens (including phenoxy) is 1. The van der Waals surface area contributed by atoms with E-state index >= 15 is 0 Å². The summed E-state index contributed by atoms with van der Waals surface area (Å²) < 4.78 is 16.5. The summed E-state index contributed by atoms with van der Waals surface area (Å²) in [5, 5.41) is 0. The predicted molar refractivity (Wildman–Crippen MR) is 58.5 cm³/mol. The Hall–Kier alpha value is -1.36. The summed E-state index contributed by atoms with van der Waals surface area (Å²) in [5.74, 6) is 0.410. The van der Waals surface area contributed by atoms with E-state index in [-0.39, 0.29) is 0 Å². The standard InChI is InChI=1S/C10H13NO3S/c1-2-15(13)9(14-10(11)12)8-6-4-3-5-7-8/h3-7,9H,2H2,1H3,(H2,11,12). The third-order valence-corrected chi connectivity index (χ3v) is 3.23. The number of carbonyl (C=O) groups excluding carboxylic acids is 1. The molecule has 2 N–H and O–H groups in total. The van der Waals surface area contributed by atoms with Crippen LogP contribution in [0.15, 0.2) is 30.3 Å². The summed E-state index contributed by atoms with van der Waals surface area (Å²) in [6, 6.07) is 8.92. The van der Waals surface area contributed by atoms with Gasteiger partial charge >= 0.3 is 6.09 Å². The minimum absolute atomic E-state index is 0.410. The largest absolute Gasteiger partial charge is 0.428 e. The van der Waals surface area contributed by atoms with Crippen molar-refractivity contribution in [2.24, 2.45) is 5.73 Å². The maximum Gasteiger partial charge on any atom is 0.406 e. The molecule has 0 radical (unpaired) electrons. The molecule has 15 heavy (non-hydrogen) atoms. The number of benzene rings is 1. The Labute approximate surface area is 90.9 Å². The van der Waals surface area contributed by atoms with Crippen LogP contribution in [0.2, 0.25) is 0 Å². The number of hydrogen-bond acceptors (Lipinski definition) is 3. The third-order valence-electron chi connectivity index (χ3n) is 1.82. The molecule has 0 aliphatic heterocycles. The molecule has 0 bridgehead atoms. The first kappa shape index (κ1) is 11.7. The average Bonchev–Trinajstić information content (AvgIpc) is 2.26. The topological polar surface area (TPSA) is 69.4 Å². The Bertz CT molecular complexity index is 353. The second-order valence-electron chi connectivity index (χ2n) is 2.85. The fraction of sp³-hybridized carbons (Fsp3) is 0.300. The maximum atomic E-state index is 11.6. The molecule has 5 heteroatoms. The van der Waals surface area contributed by atoms with Crippen LogP contribution < -0.4 is 5.73 Å². The van der Waals surface area contributed by atoms with Crippen LogP contribution >= 0.6 is 0 Å². The molecule has 0 saturated carbocycles. The molecule has 1 aromatic rings. The number of hydrogen-bond donors (Lipinski definition) is 1. The van der Waals surface area contributed by atoms with E-state index in [1.807, 2.05) is 6.07 Å². The quantitative estimate of drug-likeness (QED) is 0.848. The molecular weight excluding hydrogens is 214 g/mol. The Morgan fingerprint density at radius 1 is 1.47 bits per heavy atom. The van der Waals surface area contributed by atoms with E-state index in [2.05, 4.69) is 0 Å². The zero-order valence-electron chi connectivity index (χ0n) is 8.38. The summed E-state index contributed by atoms with van der Waals surface area (Å²) in [7, 11) is -1.26. The van der Waals surface area contributed by atoms with Crippen molar-refractivity contribution in [3.8, 4) is 0 Å². The van der Waals surface area contributed by atoms with Crippen LogP contribution in [-0.2, 0) is 15.5 Å². The van der Waals surface area contributed by atoms with Crippen molar-refractivity contribution in [1.82, 2.24) is 0 Å². The maximum absolute atomic E-state index is 11.6. The van der Waals surface area contributed by atoms with Gasteiger partial charge in [-0.1, -0.05) is 37.3 Å². The van der Waals surface area contributed by atoms with Gasteiger partial charge < -0.3 is 10.5 Å². The number of nitrogens with two attached hydrogens (primary N) is 1. The smallest absolute Gasteiger partial charge is 0.406 e. The van der Waals surface area contributed by atoms with Crippen LogP contribution in [0.4, 0.5) is 4.79 Å². The highest BCUT2D eigenvalue weighted by atomic mass is 32.2. The van der Waals surface area contributed by atoms with Crippen molar-refractivity contribution in [1.29, 1.82) is 0 Å². The Morgan fingerprint density at radius 2 is 2.07 bits per heavy atom. The van der Waals surface area contributed by atoms with E-state index in [1.165, 1.54) is 0 Å². The second-order valence-corrected chi connectivity index (χ2v) is 4.62. The molecule has 82 valence electrons. The summed E-state index contributed by atoms with van der Waals surface area (Å²) in [6.45, 7) is 1.76. The van der Waals surface area contributed by atoms with Crippen molar-refractivity contribution in [2.45, 2.75) is 12.4 Å². The fourth-order valence-electron chi connectivity index (χ4n) is 1.14. The van der Waals surface area contributed by atoms with Gasteiger partial charge in [0.2, 0.25) is 5.44 Å². The monoisotopic (exact) mass is 227 g/mol. The molecule has 0 aliphatic rings. The van der Waals surface area contributed by atoms with E-state index in [4.69, 9.17) is 10.5 Å². The fourth-order valence-corrected chi connectivity index (χ4v) is 2.11. The molecule has 2 atom stereocenters. The van der Waals surface area contributed by atoms with Crippen molar-refractivity contribution in [3.63, 3.8) is 0 Å². The molecule has 0 spiro atoms. The number of rotatable bonds is 4. The molecule has 4 nitrogen and oxygen atoms in total. The molecule has 0 saturated heterocycles. The van der Waals surface area contributed by atoms with Gasteiger partial charge in [0.05, 0.1) is 10.8 Å². The van der Waals surface area contributed by atoms with Gasteiger partial charge in [-0.25, -0.2) is 4.79 Å². The van der Waals surface area contributed by atoms with Crippen LogP contribution in [-0.4, -0.2) is 16.1 Å². The van der Waals surface area contributed by atoms with Crippen LogP contribution in [0.25, 0.3) is 0 Å². The molecular formula is C10H13NO3S. The molecule has 1 aromatic carbocycles. The minimum Gasteiger partial charge on any atom is -0.428 e. The highest BCUT2D eigenvalue weighted by Gasteiger charge is 2.20. The van der Waals surface area contributed by atoms with Gasteiger partial charge in [0.15, 0.2) is 0 Å². The predicted octanol–water partition coefficient (Wildman–Crippen LogP) is 1.55. The molecule has 1 amide bonds. The van der Waals surface area contributed by atoms with E-state index in [0.29, 0.717) is 11.3 Å². The Balaban J connectivity index is 2.91.